The summed E-state index contributed by atoms with van der Waals surface area (Å²) < 4.78 is 0. The number of nitrogens with zero attached hydrogens (tertiary/aromatic N) is 4. The molecule has 2 aromatic carbocycles. The molecule has 0 atom stereocenters. The van der Waals surface area contributed by atoms with Crippen LogP contribution in [0.4, 0.5) is 0 Å². The molecule has 0 unspecified atom stereocenters. The Kier molecular flexibility index (Phi) is 12.0. The molecular weight excluding hydrogens is 456 g/mol. The average molecular weight is 497 g/mol. The number of benzene rings is 2. The first-order chi connectivity index (χ1) is 18.1. The monoisotopic (exact) mass is 496 g/mol. The molecule has 0 saturated carbocycles. The highest BCUT2D eigenvalue weighted by atomic mass is 14.9. The molecule has 0 amide bonds. The van der Waals surface area contributed by atoms with Gasteiger partial charge >= 0.3 is 0 Å². The van der Waals surface area contributed by atoms with Crippen molar-refractivity contribution in [1.29, 1.82) is 0 Å². The third kappa shape index (κ3) is 10.4. The molecule has 2 aromatic rings. The minimum atomic E-state index is 0.720. The van der Waals surface area contributed by atoms with Gasteiger partial charge < -0.3 is 10.6 Å². The molecule has 1 aliphatic heterocycles. The molecule has 37 heavy (non-hydrogen) atoms. The zero-order chi connectivity index (χ0) is 26.1. The number of aliphatic imine (C=N–C) groups is 4. The number of rotatable bonds is 6. The van der Waals surface area contributed by atoms with Gasteiger partial charge in [-0.25, -0.2) is 0 Å². The van der Waals surface area contributed by atoms with Gasteiger partial charge in [0.15, 0.2) is 0 Å². The van der Waals surface area contributed by atoms with Crippen LogP contribution in [0, 0.1) is 0 Å². The van der Waals surface area contributed by atoms with E-state index in [-0.39, 0.29) is 0 Å². The van der Waals surface area contributed by atoms with Crippen LogP contribution in [0.15, 0.2) is 103 Å². The van der Waals surface area contributed by atoms with Crippen LogP contribution in [0.2, 0.25) is 0 Å². The molecular formula is C31H40N6. The van der Waals surface area contributed by atoms with Crippen molar-refractivity contribution in [1.82, 2.24) is 10.6 Å². The summed E-state index contributed by atoms with van der Waals surface area (Å²) in [5.41, 5.74) is 7.71. The van der Waals surface area contributed by atoms with Crippen LogP contribution in [0.5, 0.6) is 0 Å². The van der Waals surface area contributed by atoms with Crippen molar-refractivity contribution < 1.29 is 0 Å². The lowest BCUT2D eigenvalue weighted by molar-refractivity contribution is 0.806. The predicted octanol–water partition coefficient (Wildman–Crippen LogP) is 5.58. The summed E-state index contributed by atoms with van der Waals surface area (Å²) in [5, 5.41) is 7.04. The summed E-state index contributed by atoms with van der Waals surface area (Å²) in [6.45, 7) is 10.7. The Morgan fingerprint density at radius 1 is 0.649 bits per heavy atom. The van der Waals surface area contributed by atoms with Gasteiger partial charge in [0.25, 0.3) is 0 Å². The summed E-state index contributed by atoms with van der Waals surface area (Å²) in [7, 11) is 0. The van der Waals surface area contributed by atoms with E-state index in [2.05, 4.69) is 89.9 Å². The van der Waals surface area contributed by atoms with E-state index >= 15 is 0 Å². The zero-order valence-electron chi connectivity index (χ0n) is 22.5. The van der Waals surface area contributed by atoms with Gasteiger partial charge in [-0.1, -0.05) is 60.7 Å². The van der Waals surface area contributed by atoms with Gasteiger partial charge in [-0.15, -0.1) is 0 Å². The molecule has 6 nitrogen and oxygen atoms in total. The SMILES string of the molecule is CC1=NCCCN=CC(=C(C)NCc2ccccc2)C=NCCCN=C/C1=C(\C)NCc1ccccc1. The van der Waals surface area contributed by atoms with Gasteiger partial charge in [-0.05, 0) is 44.7 Å². The summed E-state index contributed by atoms with van der Waals surface area (Å²) in [6.07, 6.45) is 7.59. The lowest BCUT2D eigenvalue weighted by atomic mass is 10.1. The Morgan fingerprint density at radius 3 is 1.70 bits per heavy atom. The first-order valence-electron chi connectivity index (χ1n) is 13.1. The molecule has 0 radical (unpaired) electrons. The van der Waals surface area contributed by atoms with E-state index < -0.39 is 0 Å². The fraction of sp³-hybridized carbons (Fsp3) is 0.355. The second kappa shape index (κ2) is 16.0. The number of nitrogens with one attached hydrogen (secondary N) is 2. The molecule has 6 heteroatoms. The Morgan fingerprint density at radius 2 is 1.14 bits per heavy atom. The molecule has 0 saturated heterocycles. The van der Waals surface area contributed by atoms with Crippen LogP contribution < -0.4 is 10.6 Å². The fourth-order valence-electron chi connectivity index (χ4n) is 3.78. The molecule has 194 valence electrons. The first kappa shape index (κ1) is 27.8. The number of hydrogen-bond donors (Lipinski definition) is 2. The van der Waals surface area contributed by atoms with E-state index in [1.165, 1.54) is 11.1 Å². The smallest absolute Gasteiger partial charge is 0.0422 e. The van der Waals surface area contributed by atoms with Crippen LogP contribution in [-0.2, 0) is 13.1 Å². The van der Waals surface area contributed by atoms with Gasteiger partial charge in [-0.3, -0.25) is 20.0 Å². The number of hydrogen-bond acceptors (Lipinski definition) is 6. The van der Waals surface area contributed by atoms with E-state index in [0.29, 0.717) is 0 Å². The zero-order valence-corrected chi connectivity index (χ0v) is 22.5. The van der Waals surface area contributed by atoms with Gasteiger partial charge in [0.2, 0.25) is 0 Å². The molecule has 3 rings (SSSR count). The van der Waals surface area contributed by atoms with Crippen molar-refractivity contribution in [3.8, 4) is 0 Å². The topological polar surface area (TPSA) is 73.5 Å². The van der Waals surface area contributed by atoms with Gasteiger partial charge in [0.05, 0.1) is 0 Å². The second-order valence-electron chi connectivity index (χ2n) is 9.08. The predicted molar refractivity (Wildman–Crippen MR) is 159 cm³/mol. The van der Waals surface area contributed by atoms with Crippen molar-refractivity contribution in [2.24, 2.45) is 20.0 Å². The summed E-state index contributed by atoms with van der Waals surface area (Å²) >= 11 is 0. The second-order valence-corrected chi connectivity index (χ2v) is 9.08. The molecule has 2 N–H and O–H groups in total. The largest absolute Gasteiger partial charge is 0.384 e. The molecule has 0 bridgehead atoms. The molecule has 1 aliphatic rings. The number of allylic oxidation sites excluding steroid dienone is 4. The summed E-state index contributed by atoms with van der Waals surface area (Å²) in [6, 6.07) is 20.8. The standard InChI is InChI=1S/C31H40N6/c1-25(36-20-28-12-6-4-7-13-28)30-22-32-16-10-17-34-24-31(26(2)35-19-11-18-33-23-30)27(3)37-21-29-14-8-5-9-15-29/h4-9,12-15,22-24,36-37H,10-11,16-21H2,1-3H3/b30-25?,31-27-,32-22?,33-23?,34-24?,35-26?. The first-order valence-corrected chi connectivity index (χ1v) is 13.1. The van der Waals surface area contributed by atoms with E-state index in [1.54, 1.807) is 0 Å². The van der Waals surface area contributed by atoms with E-state index in [9.17, 15) is 0 Å². The van der Waals surface area contributed by atoms with E-state index in [4.69, 9.17) is 9.98 Å². The molecule has 0 spiro atoms. The van der Waals surface area contributed by atoms with Crippen LogP contribution in [-0.4, -0.2) is 50.5 Å². The van der Waals surface area contributed by atoms with Crippen molar-refractivity contribution in [2.45, 2.75) is 46.7 Å². The van der Waals surface area contributed by atoms with E-state index in [0.717, 1.165) is 80.4 Å². The highest BCUT2D eigenvalue weighted by Gasteiger charge is 2.05. The quantitative estimate of drug-likeness (QED) is 0.548. The van der Waals surface area contributed by atoms with Crippen molar-refractivity contribution in [2.75, 3.05) is 26.2 Å². The maximum absolute atomic E-state index is 4.83. The highest BCUT2D eigenvalue weighted by molar-refractivity contribution is 6.15. The Balaban J connectivity index is 1.66. The Bertz CT molecular complexity index is 1140. The minimum Gasteiger partial charge on any atom is -0.384 e. The molecule has 1 heterocycles. The lowest BCUT2D eigenvalue weighted by Crippen LogP contribution is -2.16. The molecule has 0 aliphatic carbocycles. The van der Waals surface area contributed by atoms with Crippen molar-refractivity contribution in [3.05, 3.63) is 94.3 Å². The van der Waals surface area contributed by atoms with Crippen molar-refractivity contribution >= 4 is 24.4 Å². The Labute approximate surface area is 222 Å². The van der Waals surface area contributed by atoms with Crippen LogP contribution >= 0.6 is 0 Å². The highest BCUT2D eigenvalue weighted by Crippen LogP contribution is 2.07. The maximum atomic E-state index is 4.83. The fourth-order valence-corrected chi connectivity index (χ4v) is 3.78. The summed E-state index contributed by atoms with van der Waals surface area (Å²) in [5.74, 6) is 0. The maximum Gasteiger partial charge on any atom is 0.0422 e. The third-order valence-corrected chi connectivity index (χ3v) is 6.08. The van der Waals surface area contributed by atoms with Gasteiger partial charge in [0, 0.05) is 86.2 Å². The van der Waals surface area contributed by atoms with Crippen molar-refractivity contribution in [3.63, 3.8) is 0 Å². The lowest BCUT2D eigenvalue weighted by Gasteiger charge is -2.12. The van der Waals surface area contributed by atoms with Gasteiger partial charge in [0.1, 0.15) is 0 Å². The molecule has 0 fully saturated rings. The van der Waals surface area contributed by atoms with Crippen LogP contribution in [0.25, 0.3) is 0 Å². The Hall–Kier alpha value is -3.80. The van der Waals surface area contributed by atoms with E-state index in [1.807, 2.05) is 30.8 Å². The van der Waals surface area contributed by atoms with Gasteiger partial charge in [-0.2, -0.15) is 0 Å². The van der Waals surface area contributed by atoms with Crippen LogP contribution in [0.3, 0.4) is 0 Å². The molecule has 0 aromatic heterocycles. The normalized spacial score (nSPS) is 18.2. The third-order valence-electron chi connectivity index (χ3n) is 6.08. The summed E-state index contributed by atoms with van der Waals surface area (Å²) in [4.78, 5) is 18.8. The average Bonchev–Trinajstić information content (AvgIpc) is 2.93. The minimum absolute atomic E-state index is 0.720. The van der Waals surface area contributed by atoms with Crippen LogP contribution in [0.1, 0.15) is 44.7 Å².